The van der Waals surface area contributed by atoms with Crippen molar-refractivity contribution in [3.05, 3.63) is 29.3 Å². The van der Waals surface area contributed by atoms with E-state index in [2.05, 4.69) is 13.8 Å². The molecule has 19 heavy (non-hydrogen) atoms. The third-order valence-electron chi connectivity index (χ3n) is 3.36. The van der Waals surface area contributed by atoms with Crippen molar-refractivity contribution < 1.29 is 14.3 Å². The molecule has 0 atom stereocenters. The van der Waals surface area contributed by atoms with Crippen LogP contribution in [0.3, 0.4) is 0 Å². The minimum absolute atomic E-state index is 0.230. The molecule has 0 aliphatic heterocycles. The smallest absolute Gasteiger partial charge is 0.163 e. The molecule has 0 heterocycles. The summed E-state index contributed by atoms with van der Waals surface area (Å²) < 4.78 is 11.2. The molecule has 3 nitrogen and oxygen atoms in total. The third kappa shape index (κ3) is 3.80. The SMILES string of the molecule is CC(C)CCOCCOc1cccc2c1CCC2=O. The topological polar surface area (TPSA) is 35.5 Å². The average molecular weight is 262 g/mol. The number of hydrogen-bond acceptors (Lipinski definition) is 3. The fraction of sp³-hybridized carbons (Fsp3) is 0.562. The Morgan fingerprint density at radius 2 is 2.00 bits per heavy atom. The van der Waals surface area contributed by atoms with Crippen LogP contribution in [0.1, 0.15) is 42.6 Å². The van der Waals surface area contributed by atoms with E-state index in [0.29, 0.717) is 25.6 Å². The molecule has 1 aliphatic rings. The van der Waals surface area contributed by atoms with Crippen molar-refractivity contribution in [3.63, 3.8) is 0 Å². The van der Waals surface area contributed by atoms with E-state index in [0.717, 1.165) is 36.3 Å². The second kappa shape index (κ2) is 6.71. The minimum Gasteiger partial charge on any atom is -0.491 e. The first-order chi connectivity index (χ1) is 9.18. The highest BCUT2D eigenvalue weighted by Crippen LogP contribution is 2.30. The molecule has 104 valence electrons. The summed E-state index contributed by atoms with van der Waals surface area (Å²) in [7, 11) is 0. The van der Waals surface area contributed by atoms with E-state index in [1.54, 1.807) is 0 Å². The number of hydrogen-bond donors (Lipinski definition) is 0. The van der Waals surface area contributed by atoms with Crippen LogP contribution in [0.15, 0.2) is 18.2 Å². The van der Waals surface area contributed by atoms with Crippen LogP contribution in [0, 0.1) is 5.92 Å². The van der Waals surface area contributed by atoms with Crippen LogP contribution < -0.4 is 4.74 Å². The lowest BCUT2D eigenvalue weighted by Gasteiger charge is -2.11. The number of rotatable bonds is 7. The fourth-order valence-electron chi connectivity index (χ4n) is 2.22. The highest BCUT2D eigenvalue weighted by molar-refractivity contribution is 6.01. The van der Waals surface area contributed by atoms with Crippen LogP contribution in [0.4, 0.5) is 0 Å². The van der Waals surface area contributed by atoms with Gasteiger partial charge in [0.15, 0.2) is 5.78 Å². The van der Waals surface area contributed by atoms with Gasteiger partial charge in [0, 0.05) is 24.2 Å². The first-order valence-electron chi connectivity index (χ1n) is 7.04. The molecule has 0 fully saturated rings. The number of Topliss-reactive ketones (excluding diaryl/α,β-unsaturated/α-hetero) is 1. The van der Waals surface area contributed by atoms with Gasteiger partial charge >= 0.3 is 0 Å². The fourth-order valence-corrected chi connectivity index (χ4v) is 2.22. The van der Waals surface area contributed by atoms with Crippen LogP contribution >= 0.6 is 0 Å². The summed E-state index contributed by atoms with van der Waals surface area (Å²) in [5, 5.41) is 0. The first kappa shape index (κ1) is 14.1. The van der Waals surface area contributed by atoms with Crippen molar-refractivity contribution in [2.45, 2.75) is 33.1 Å². The summed E-state index contributed by atoms with van der Waals surface area (Å²) in [5.41, 5.74) is 1.90. The Labute approximate surface area is 114 Å². The van der Waals surface area contributed by atoms with Gasteiger partial charge in [-0.15, -0.1) is 0 Å². The van der Waals surface area contributed by atoms with E-state index >= 15 is 0 Å². The van der Waals surface area contributed by atoms with Crippen LogP contribution in [0.25, 0.3) is 0 Å². The molecule has 3 heteroatoms. The predicted molar refractivity (Wildman–Crippen MR) is 74.9 cm³/mol. The zero-order valence-electron chi connectivity index (χ0n) is 11.8. The van der Waals surface area contributed by atoms with E-state index in [9.17, 15) is 4.79 Å². The summed E-state index contributed by atoms with van der Waals surface area (Å²) in [4.78, 5) is 11.6. The van der Waals surface area contributed by atoms with Gasteiger partial charge in [0.25, 0.3) is 0 Å². The number of carbonyl (C=O) groups excluding carboxylic acids is 1. The highest BCUT2D eigenvalue weighted by Gasteiger charge is 2.22. The van der Waals surface area contributed by atoms with E-state index in [4.69, 9.17) is 9.47 Å². The normalized spacial score (nSPS) is 13.9. The van der Waals surface area contributed by atoms with E-state index < -0.39 is 0 Å². The van der Waals surface area contributed by atoms with Crippen LogP contribution in [0.2, 0.25) is 0 Å². The van der Waals surface area contributed by atoms with E-state index in [-0.39, 0.29) is 5.78 Å². The average Bonchev–Trinajstić information content (AvgIpc) is 2.76. The molecule has 2 rings (SSSR count). The maximum absolute atomic E-state index is 11.6. The number of fused-ring (bicyclic) bond motifs is 1. The van der Waals surface area contributed by atoms with Crippen molar-refractivity contribution in [2.24, 2.45) is 5.92 Å². The summed E-state index contributed by atoms with van der Waals surface area (Å²) in [6, 6.07) is 5.71. The standard InChI is InChI=1S/C16H22O3/c1-12(2)8-9-18-10-11-19-16-5-3-4-13-14(16)6-7-15(13)17/h3-5,12H,6-11H2,1-2H3. The zero-order valence-corrected chi connectivity index (χ0v) is 11.8. The Hall–Kier alpha value is -1.35. The van der Waals surface area contributed by atoms with Gasteiger partial charge in [-0.2, -0.15) is 0 Å². The molecule has 0 radical (unpaired) electrons. The van der Waals surface area contributed by atoms with Gasteiger partial charge in [-0.3, -0.25) is 4.79 Å². The van der Waals surface area contributed by atoms with Gasteiger partial charge in [-0.1, -0.05) is 26.0 Å². The Balaban J connectivity index is 1.77. The molecule has 1 aromatic rings. The Morgan fingerprint density at radius 3 is 2.79 bits per heavy atom. The zero-order chi connectivity index (χ0) is 13.7. The van der Waals surface area contributed by atoms with Gasteiger partial charge < -0.3 is 9.47 Å². The van der Waals surface area contributed by atoms with Crippen molar-refractivity contribution in [2.75, 3.05) is 19.8 Å². The summed E-state index contributed by atoms with van der Waals surface area (Å²) in [6.45, 7) is 6.30. The van der Waals surface area contributed by atoms with Gasteiger partial charge in [0.2, 0.25) is 0 Å². The van der Waals surface area contributed by atoms with Crippen molar-refractivity contribution >= 4 is 5.78 Å². The van der Waals surface area contributed by atoms with Crippen molar-refractivity contribution in [1.29, 1.82) is 0 Å². The number of ether oxygens (including phenoxy) is 2. The lowest BCUT2D eigenvalue weighted by Crippen LogP contribution is -2.09. The quantitative estimate of drug-likeness (QED) is 0.708. The Morgan fingerprint density at radius 1 is 1.16 bits per heavy atom. The Bertz CT molecular complexity index is 438. The molecule has 0 saturated carbocycles. The molecule has 1 aliphatic carbocycles. The highest BCUT2D eigenvalue weighted by atomic mass is 16.5. The van der Waals surface area contributed by atoms with Crippen LogP contribution in [-0.2, 0) is 11.2 Å². The number of benzene rings is 1. The predicted octanol–water partition coefficient (Wildman–Crippen LogP) is 3.26. The largest absolute Gasteiger partial charge is 0.491 e. The lowest BCUT2D eigenvalue weighted by molar-refractivity contribution is 0.0923. The van der Waals surface area contributed by atoms with Crippen molar-refractivity contribution in [1.82, 2.24) is 0 Å². The number of carbonyl (C=O) groups is 1. The molecule has 0 unspecified atom stereocenters. The monoisotopic (exact) mass is 262 g/mol. The second-order valence-electron chi connectivity index (χ2n) is 5.35. The molecule has 0 aromatic heterocycles. The van der Waals surface area contributed by atoms with Crippen LogP contribution in [-0.4, -0.2) is 25.6 Å². The molecule has 0 amide bonds. The van der Waals surface area contributed by atoms with Crippen molar-refractivity contribution in [3.8, 4) is 5.75 Å². The molecule has 1 aromatic carbocycles. The summed E-state index contributed by atoms with van der Waals surface area (Å²) in [6.07, 6.45) is 2.49. The van der Waals surface area contributed by atoms with E-state index in [1.165, 1.54) is 0 Å². The maximum atomic E-state index is 11.6. The molecule has 0 bridgehead atoms. The summed E-state index contributed by atoms with van der Waals surface area (Å²) >= 11 is 0. The van der Waals surface area contributed by atoms with Crippen LogP contribution in [0.5, 0.6) is 5.75 Å². The van der Waals surface area contributed by atoms with Gasteiger partial charge in [0.1, 0.15) is 12.4 Å². The molecule has 0 spiro atoms. The maximum Gasteiger partial charge on any atom is 0.163 e. The summed E-state index contributed by atoms with van der Waals surface area (Å²) in [5.74, 6) is 1.74. The minimum atomic E-state index is 0.230. The van der Waals surface area contributed by atoms with E-state index in [1.807, 2.05) is 18.2 Å². The first-order valence-corrected chi connectivity index (χ1v) is 7.04. The molecule has 0 N–H and O–H groups in total. The third-order valence-corrected chi connectivity index (χ3v) is 3.36. The second-order valence-corrected chi connectivity index (χ2v) is 5.35. The Kier molecular flexibility index (Phi) is 4.97. The molecule has 0 saturated heterocycles. The van der Waals surface area contributed by atoms with Gasteiger partial charge in [0.05, 0.1) is 6.61 Å². The van der Waals surface area contributed by atoms with Gasteiger partial charge in [-0.25, -0.2) is 0 Å². The lowest BCUT2D eigenvalue weighted by atomic mass is 10.1. The van der Waals surface area contributed by atoms with Gasteiger partial charge in [-0.05, 0) is 24.8 Å². The molecular formula is C16H22O3. The molecular weight excluding hydrogens is 240 g/mol. The number of ketones is 1.